The van der Waals surface area contributed by atoms with E-state index in [9.17, 15) is 38.4 Å². The Morgan fingerprint density at radius 2 is 0.714 bits per heavy atom. The molecule has 0 spiro atoms. The molecule has 84 heavy (non-hydrogen) atoms. The molecule has 22 nitrogen and oxygen atoms in total. The van der Waals surface area contributed by atoms with Gasteiger partial charge in [0.2, 0.25) is 0 Å². The maximum Gasteiger partial charge on any atom is 0.508 e. The Morgan fingerprint density at radius 1 is 0.393 bits per heavy atom. The average molecular weight is 1190 g/mol. The first-order valence-electron chi connectivity index (χ1n) is 28.3. The molecule has 0 radical (unpaired) electrons. The van der Waals surface area contributed by atoms with Gasteiger partial charge in [0.05, 0.1) is 85.5 Å². The van der Waals surface area contributed by atoms with Crippen LogP contribution >= 0.6 is 0 Å². The monoisotopic (exact) mass is 1180 g/mol. The SMILES string of the molecule is C=CC(=O)OCCCCOC(=O)Cc1cccc(CC(=O)OCC(C)(C)COCC(C)(C)COC(=O)OCC(C)(C)COCC(C)(C)COC(=O)OCCCCCCOC(=O)Nc2cccc(NC(=O)OCCCCOC(=O)C=C)c2C)c1C. The number of anilines is 2. The molecule has 0 heterocycles. The van der Waals surface area contributed by atoms with Crippen LogP contribution in [-0.2, 0) is 88.9 Å². The van der Waals surface area contributed by atoms with E-state index in [1.54, 1.807) is 31.2 Å². The molecule has 0 aliphatic carbocycles. The highest BCUT2D eigenvalue weighted by molar-refractivity contribution is 5.91. The van der Waals surface area contributed by atoms with Crippen molar-refractivity contribution in [3.63, 3.8) is 0 Å². The third-order valence-electron chi connectivity index (χ3n) is 12.3. The van der Waals surface area contributed by atoms with Crippen LogP contribution in [0.25, 0.3) is 0 Å². The topological polar surface area (TPSA) is 271 Å². The van der Waals surface area contributed by atoms with Crippen LogP contribution in [0.1, 0.15) is 129 Å². The number of rotatable bonds is 41. The van der Waals surface area contributed by atoms with E-state index >= 15 is 0 Å². The molecule has 0 aliphatic rings. The van der Waals surface area contributed by atoms with Crippen LogP contribution < -0.4 is 10.6 Å². The maximum atomic E-state index is 12.9. The minimum atomic E-state index is -0.826. The first-order valence-corrected chi connectivity index (χ1v) is 28.3. The molecule has 2 rings (SSSR count). The number of esters is 4. The van der Waals surface area contributed by atoms with E-state index in [0.717, 1.165) is 41.7 Å². The molecular weight excluding hydrogens is 1090 g/mol. The molecule has 0 aliphatic heterocycles. The van der Waals surface area contributed by atoms with Crippen molar-refractivity contribution >= 4 is 59.7 Å². The Kier molecular flexibility index (Phi) is 33.5. The number of unbranched alkanes of at least 4 members (excludes halogenated alkanes) is 5. The van der Waals surface area contributed by atoms with Crippen molar-refractivity contribution in [2.24, 2.45) is 21.7 Å². The van der Waals surface area contributed by atoms with Crippen LogP contribution in [0, 0.1) is 35.5 Å². The quantitative estimate of drug-likeness (QED) is 0.0271. The Hall–Kier alpha value is -7.20. The Bertz CT molecular complexity index is 2430. The van der Waals surface area contributed by atoms with Crippen molar-refractivity contribution in [3.05, 3.63) is 84.0 Å². The molecule has 2 N–H and O–H groups in total. The van der Waals surface area contributed by atoms with Gasteiger partial charge in [-0.3, -0.25) is 20.2 Å². The summed E-state index contributed by atoms with van der Waals surface area (Å²) in [5.74, 6) is -1.82. The fourth-order valence-electron chi connectivity index (χ4n) is 7.33. The summed E-state index contributed by atoms with van der Waals surface area (Å²) >= 11 is 0. The average Bonchev–Trinajstić information content (AvgIpc) is 3.53. The summed E-state index contributed by atoms with van der Waals surface area (Å²) in [5.41, 5.74) is 1.62. The van der Waals surface area contributed by atoms with Crippen LogP contribution in [0.5, 0.6) is 0 Å². The molecule has 2 aromatic carbocycles. The molecule has 0 aromatic heterocycles. The van der Waals surface area contributed by atoms with Gasteiger partial charge < -0.3 is 56.8 Å². The number of carbonyl (C=O) groups excluding carboxylic acids is 8. The van der Waals surface area contributed by atoms with E-state index in [-0.39, 0.29) is 105 Å². The van der Waals surface area contributed by atoms with Gasteiger partial charge in [-0.2, -0.15) is 0 Å². The lowest BCUT2D eigenvalue weighted by Crippen LogP contribution is -2.34. The van der Waals surface area contributed by atoms with Crippen molar-refractivity contribution in [2.45, 2.75) is 133 Å². The van der Waals surface area contributed by atoms with Gasteiger partial charge in [0.1, 0.15) is 19.8 Å². The van der Waals surface area contributed by atoms with Gasteiger partial charge in [-0.25, -0.2) is 28.8 Å². The van der Waals surface area contributed by atoms with Crippen LogP contribution in [0.3, 0.4) is 0 Å². The number of amides is 2. The fourth-order valence-corrected chi connectivity index (χ4v) is 7.33. The summed E-state index contributed by atoms with van der Waals surface area (Å²) in [4.78, 5) is 97.3. The van der Waals surface area contributed by atoms with E-state index in [4.69, 9.17) is 56.8 Å². The zero-order valence-electron chi connectivity index (χ0n) is 51.2. The normalized spacial score (nSPS) is 11.5. The second-order valence-corrected chi connectivity index (χ2v) is 23.4. The van der Waals surface area contributed by atoms with Gasteiger partial charge in [-0.15, -0.1) is 0 Å². The Labute approximate surface area is 495 Å². The van der Waals surface area contributed by atoms with Gasteiger partial charge in [-0.05, 0) is 99.6 Å². The lowest BCUT2D eigenvalue weighted by atomic mass is 9.94. The van der Waals surface area contributed by atoms with Gasteiger partial charge in [-0.1, -0.05) is 92.8 Å². The van der Waals surface area contributed by atoms with Crippen molar-refractivity contribution in [1.29, 1.82) is 0 Å². The number of benzene rings is 2. The minimum Gasteiger partial charge on any atom is -0.465 e. The summed E-state index contributed by atoms with van der Waals surface area (Å²) < 4.78 is 64.7. The number of nitrogens with one attached hydrogen (secondary N) is 2. The first-order chi connectivity index (χ1) is 39.6. The van der Waals surface area contributed by atoms with Crippen LogP contribution in [0.2, 0.25) is 0 Å². The standard InChI is InChI=1S/C62H92N2O20/c1-13-51(65)75-29-19-20-31-77-53(67)35-47-25-23-26-48(45(47)3)36-54(68)81-41-59(5,6)37-73-39-61(9,10)43-83-58(72)84-44-62(11,12)40-74-38-60(7,8)42-82-57(71)80-34-18-16-15-17-32-78-55(69)63-49-27-24-28-50(46(49)4)64-56(70)79-33-22-21-30-76-52(66)14-2/h13-14,23-28H,1-2,15-22,29-44H2,3-12H3,(H,63,69)(H,64,70). The van der Waals surface area contributed by atoms with Gasteiger partial charge in [0.15, 0.2) is 0 Å². The fraction of sp³-hybridized carbons (Fsp3) is 0.613. The van der Waals surface area contributed by atoms with Crippen LogP contribution in [0.15, 0.2) is 61.7 Å². The molecule has 2 aromatic rings. The highest BCUT2D eigenvalue weighted by atomic mass is 16.7. The smallest absolute Gasteiger partial charge is 0.465 e. The van der Waals surface area contributed by atoms with Crippen molar-refractivity contribution in [1.82, 2.24) is 0 Å². The zero-order valence-corrected chi connectivity index (χ0v) is 51.2. The second-order valence-electron chi connectivity index (χ2n) is 23.4. The van der Waals surface area contributed by atoms with Gasteiger partial charge >= 0.3 is 48.4 Å². The number of hydrogen-bond acceptors (Lipinski definition) is 20. The number of hydrogen-bond donors (Lipinski definition) is 2. The van der Waals surface area contributed by atoms with Crippen molar-refractivity contribution < 1.29 is 95.2 Å². The molecule has 0 saturated heterocycles. The summed E-state index contributed by atoms with van der Waals surface area (Å²) in [6, 6.07) is 10.4. The third-order valence-corrected chi connectivity index (χ3v) is 12.3. The van der Waals surface area contributed by atoms with E-state index in [1.807, 2.05) is 74.4 Å². The maximum absolute atomic E-state index is 12.9. The van der Waals surface area contributed by atoms with E-state index in [1.165, 1.54) is 0 Å². The molecule has 0 saturated carbocycles. The number of ether oxygens (including phenoxy) is 12. The summed E-state index contributed by atoms with van der Waals surface area (Å²) in [7, 11) is 0. The van der Waals surface area contributed by atoms with E-state index in [0.29, 0.717) is 55.5 Å². The van der Waals surface area contributed by atoms with Crippen molar-refractivity contribution in [2.75, 3.05) is 103 Å². The first kappa shape index (κ1) is 72.9. The van der Waals surface area contributed by atoms with Gasteiger partial charge in [0.25, 0.3) is 0 Å². The number of carbonyl (C=O) groups is 8. The summed E-state index contributed by atoms with van der Waals surface area (Å²) in [6.45, 7) is 27.7. The largest absolute Gasteiger partial charge is 0.508 e. The lowest BCUT2D eigenvalue weighted by Gasteiger charge is -2.29. The van der Waals surface area contributed by atoms with E-state index in [2.05, 4.69) is 23.8 Å². The third kappa shape index (κ3) is 33.8. The molecule has 0 unspecified atom stereocenters. The highest BCUT2D eigenvalue weighted by Gasteiger charge is 2.29. The molecule has 0 atom stereocenters. The van der Waals surface area contributed by atoms with Crippen molar-refractivity contribution in [3.8, 4) is 0 Å². The Morgan fingerprint density at radius 3 is 1.12 bits per heavy atom. The molecule has 470 valence electrons. The zero-order chi connectivity index (χ0) is 62.6. The molecule has 2 amide bonds. The highest BCUT2D eigenvalue weighted by Crippen LogP contribution is 2.26. The summed E-state index contributed by atoms with van der Waals surface area (Å²) in [6.07, 6.45) is 4.09. The second kappa shape index (κ2) is 38.6. The van der Waals surface area contributed by atoms with Gasteiger partial charge in [0, 0.05) is 45.2 Å². The van der Waals surface area contributed by atoms with Crippen LogP contribution in [-0.4, -0.2) is 141 Å². The Balaban J connectivity index is 1.56. The summed E-state index contributed by atoms with van der Waals surface area (Å²) in [5, 5.41) is 5.34. The molecule has 22 heteroatoms. The molecule has 0 bridgehead atoms. The molecule has 0 fully saturated rings. The lowest BCUT2D eigenvalue weighted by molar-refractivity contribution is -0.147. The van der Waals surface area contributed by atoms with E-state index < -0.39 is 70.0 Å². The predicted molar refractivity (Wildman–Crippen MR) is 312 cm³/mol. The minimum absolute atomic E-state index is 0.0266. The predicted octanol–water partition coefficient (Wildman–Crippen LogP) is 11.3. The van der Waals surface area contributed by atoms with Crippen LogP contribution in [0.4, 0.5) is 30.6 Å². The molecular formula is C62H92N2O20.